The van der Waals surface area contributed by atoms with Crippen molar-refractivity contribution in [2.45, 2.75) is 51.2 Å². The van der Waals surface area contributed by atoms with E-state index in [1.807, 2.05) is 6.07 Å². The number of halogens is 1. The van der Waals surface area contributed by atoms with Crippen molar-refractivity contribution < 1.29 is 13.9 Å². The molecule has 0 aliphatic heterocycles. The Bertz CT molecular complexity index is 545. The molecule has 0 aromatic heterocycles. The number of hydrogen-bond donors (Lipinski definition) is 2. The number of guanidine groups is 1. The van der Waals surface area contributed by atoms with E-state index in [2.05, 4.69) is 15.6 Å². The molecule has 1 saturated carbocycles. The molecule has 0 unspecified atom stereocenters. The number of aliphatic imine (C=N–C) groups is 1. The van der Waals surface area contributed by atoms with E-state index in [-0.39, 0.29) is 11.6 Å². The van der Waals surface area contributed by atoms with Crippen LogP contribution in [0, 0.1) is 5.82 Å². The van der Waals surface area contributed by atoms with Crippen molar-refractivity contribution in [2.24, 2.45) is 4.99 Å². The van der Waals surface area contributed by atoms with Crippen LogP contribution < -0.4 is 15.4 Å². The number of methoxy groups -OCH3 is 1. The van der Waals surface area contributed by atoms with E-state index in [0.717, 1.165) is 25.1 Å². The summed E-state index contributed by atoms with van der Waals surface area (Å²) in [5.74, 6) is 0.600. The van der Waals surface area contributed by atoms with Gasteiger partial charge in [-0.1, -0.05) is 25.3 Å². The smallest absolute Gasteiger partial charge is 0.191 e. The van der Waals surface area contributed by atoms with Gasteiger partial charge in [0.05, 0.1) is 13.2 Å². The van der Waals surface area contributed by atoms with Crippen LogP contribution >= 0.6 is 0 Å². The van der Waals surface area contributed by atoms with Gasteiger partial charge >= 0.3 is 0 Å². The Balaban J connectivity index is 1.62. The van der Waals surface area contributed by atoms with Crippen molar-refractivity contribution in [1.82, 2.24) is 10.6 Å². The molecule has 140 valence electrons. The number of hydrogen-bond acceptors (Lipinski definition) is 3. The fourth-order valence-electron chi connectivity index (χ4n) is 2.99. The van der Waals surface area contributed by atoms with E-state index < -0.39 is 0 Å². The van der Waals surface area contributed by atoms with Gasteiger partial charge < -0.3 is 20.1 Å². The molecule has 0 saturated heterocycles. The van der Waals surface area contributed by atoms with E-state index in [0.29, 0.717) is 18.6 Å². The highest BCUT2D eigenvalue weighted by Gasteiger charge is 2.13. The first-order chi connectivity index (χ1) is 12.2. The molecule has 2 rings (SSSR count). The summed E-state index contributed by atoms with van der Waals surface area (Å²) in [6.45, 7) is 2.07. The van der Waals surface area contributed by atoms with Crippen molar-refractivity contribution >= 4 is 5.96 Å². The van der Waals surface area contributed by atoms with Crippen LogP contribution in [0.4, 0.5) is 4.39 Å². The van der Waals surface area contributed by atoms with Gasteiger partial charge in [0.2, 0.25) is 0 Å². The van der Waals surface area contributed by atoms with Gasteiger partial charge in [-0.05, 0) is 37.0 Å². The maximum absolute atomic E-state index is 13.7. The summed E-state index contributed by atoms with van der Waals surface area (Å²) in [6.07, 6.45) is 7.74. The van der Waals surface area contributed by atoms with Gasteiger partial charge in [-0.3, -0.25) is 4.99 Å². The van der Waals surface area contributed by atoms with Gasteiger partial charge in [-0.25, -0.2) is 4.39 Å². The summed E-state index contributed by atoms with van der Waals surface area (Å²) < 4.78 is 24.5. The van der Waals surface area contributed by atoms with Crippen molar-refractivity contribution in [1.29, 1.82) is 0 Å². The molecule has 6 heteroatoms. The van der Waals surface area contributed by atoms with Crippen LogP contribution in [-0.2, 0) is 11.3 Å². The molecule has 1 aromatic rings. The lowest BCUT2D eigenvalue weighted by Crippen LogP contribution is -2.37. The largest absolute Gasteiger partial charge is 0.494 e. The molecular formula is C19H30FN3O2. The number of nitrogens with zero attached hydrogens (tertiary/aromatic N) is 1. The second kappa shape index (κ2) is 10.9. The van der Waals surface area contributed by atoms with Gasteiger partial charge in [-0.15, -0.1) is 0 Å². The van der Waals surface area contributed by atoms with Gasteiger partial charge in [-0.2, -0.15) is 0 Å². The van der Waals surface area contributed by atoms with E-state index in [1.165, 1.54) is 45.3 Å². The fourth-order valence-corrected chi connectivity index (χ4v) is 2.99. The van der Waals surface area contributed by atoms with Crippen LogP contribution in [-0.4, -0.2) is 39.4 Å². The first-order valence-electron chi connectivity index (χ1n) is 9.11. The minimum absolute atomic E-state index is 0.254. The zero-order valence-electron chi connectivity index (χ0n) is 15.3. The second-order valence-corrected chi connectivity index (χ2v) is 6.31. The zero-order valence-corrected chi connectivity index (χ0v) is 15.3. The fraction of sp³-hybridized carbons (Fsp3) is 0.632. The highest BCUT2D eigenvalue weighted by atomic mass is 19.1. The van der Waals surface area contributed by atoms with E-state index in [9.17, 15) is 4.39 Å². The van der Waals surface area contributed by atoms with E-state index in [4.69, 9.17) is 9.47 Å². The molecule has 1 fully saturated rings. The molecule has 5 nitrogen and oxygen atoms in total. The van der Waals surface area contributed by atoms with E-state index >= 15 is 0 Å². The highest BCUT2D eigenvalue weighted by Crippen LogP contribution is 2.20. The van der Waals surface area contributed by atoms with E-state index in [1.54, 1.807) is 13.1 Å². The van der Waals surface area contributed by atoms with Gasteiger partial charge in [0.15, 0.2) is 17.5 Å². The molecule has 0 heterocycles. The molecule has 0 atom stereocenters. The first-order valence-corrected chi connectivity index (χ1v) is 9.11. The monoisotopic (exact) mass is 351 g/mol. The van der Waals surface area contributed by atoms with Gasteiger partial charge in [0.25, 0.3) is 0 Å². The van der Waals surface area contributed by atoms with Crippen molar-refractivity contribution in [2.75, 3.05) is 27.3 Å². The Morgan fingerprint density at radius 3 is 2.72 bits per heavy atom. The third-order valence-corrected chi connectivity index (χ3v) is 4.42. The second-order valence-electron chi connectivity index (χ2n) is 6.31. The normalized spacial score (nSPS) is 15.9. The Morgan fingerprint density at radius 2 is 2.04 bits per heavy atom. The average molecular weight is 351 g/mol. The Labute approximate surface area is 150 Å². The third-order valence-electron chi connectivity index (χ3n) is 4.42. The minimum atomic E-state index is -0.357. The highest BCUT2D eigenvalue weighted by molar-refractivity contribution is 5.79. The van der Waals surface area contributed by atoms with Gasteiger partial charge in [0.1, 0.15) is 0 Å². The lowest BCUT2D eigenvalue weighted by Gasteiger charge is -2.22. The summed E-state index contributed by atoms with van der Waals surface area (Å²) >= 11 is 0. The topological polar surface area (TPSA) is 54.9 Å². The predicted molar refractivity (Wildman–Crippen MR) is 98.6 cm³/mol. The van der Waals surface area contributed by atoms with Crippen molar-refractivity contribution in [3.63, 3.8) is 0 Å². The van der Waals surface area contributed by atoms with Gasteiger partial charge in [0, 0.05) is 26.7 Å². The lowest BCUT2D eigenvalue weighted by atomic mass is 9.98. The molecule has 0 amide bonds. The third kappa shape index (κ3) is 6.90. The summed E-state index contributed by atoms with van der Waals surface area (Å²) in [7, 11) is 3.18. The van der Waals surface area contributed by atoms with Crippen LogP contribution in [0.2, 0.25) is 0 Å². The lowest BCUT2D eigenvalue weighted by molar-refractivity contribution is 0.0277. The Kier molecular flexibility index (Phi) is 8.52. The predicted octanol–water partition coefficient (Wildman–Crippen LogP) is 3.24. The zero-order chi connectivity index (χ0) is 17.9. The number of nitrogens with one attached hydrogen (secondary N) is 2. The molecular weight excluding hydrogens is 321 g/mol. The Hall–Kier alpha value is -1.82. The molecule has 1 aliphatic rings. The quantitative estimate of drug-likeness (QED) is 0.429. The molecule has 1 aromatic carbocycles. The Morgan fingerprint density at radius 1 is 1.24 bits per heavy atom. The summed E-state index contributed by atoms with van der Waals surface area (Å²) in [5.41, 5.74) is 0.835. The summed E-state index contributed by atoms with van der Waals surface area (Å²) in [6, 6.07) is 4.93. The molecule has 25 heavy (non-hydrogen) atoms. The molecule has 2 N–H and O–H groups in total. The maximum atomic E-state index is 13.7. The van der Waals surface area contributed by atoms with Crippen LogP contribution in [0.25, 0.3) is 0 Å². The van der Waals surface area contributed by atoms with Crippen molar-refractivity contribution in [3.05, 3.63) is 29.6 Å². The minimum Gasteiger partial charge on any atom is -0.494 e. The average Bonchev–Trinajstić information content (AvgIpc) is 2.65. The maximum Gasteiger partial charge on any atom is 0.191 e. The standard InChI is InChI=1S/C19H30FN3O2/c1-21-19(22-11-6-12-25-16-7-4-3-5-8-16)23-14-15-9-10-18(24-2)17(20)13-15/h9-10,13,16H,3-8,11-12,14H2,1-2H3,(H2,21,22,23). The SMILES string of the molecule is CN=C(NCCCOC1CCCCC1)NCc1ccc(OC)c(F)c1. The van der Waals surface area contributed by atoms with Crippen molar-refractivity contribution in [3.8, 4) is 5.75 Å². The molecule has 0 spiro atoms. The molecule has 0 radical (unpaired) electrons. The number of benzene rings is 1. The first kappa shape index (κ1) is 19.5. The molecule has 0 bridgehead atoms. The van der Waals surface area contributed by atoms with Crippen LogP contribution in [0.3, 0.4) is 0 Å². The molecule has 1 aliphatic carbocycles. The van der Waals surface area contributed by atoms with Crippen LogP contribution in [0.5, 0.6) is 5.75 Å². The summed E-state index contributed by atoms with van der Waals surface area (Å²) in [5, 5.41) is 6.44. The summed E-state index contributed by atoms with van der Waals surface area (Å²) in [4.78, 5) is 4.18. The van der Waals surface area contributed by atoms with Crippen LogP contribution in [0.1, 0.15) is 44.1 Å². The van der Waals surface area contributed by atoms with Crippen LogP contribution in [0.15, 0.2) is 23.2 Å². The number of ether oxygens (including phenoxy) is 2. The number of rotatable bonds is 8.